The second kappa shape index (κ2) is 6.78. The molecule has 0 aromatic heterocycles. The summed E-state index contributed by atoms with van der Waals surface area (Å²) in [7, 11) is 3.19. The van der Waals surface area contributed by atoms with Crippen molar-refractivity contribution in [2.75, 3.05) is 20.8 Å². The molecule has 4 nitrogen and oxygen atoms in total. The van der Waals surface area contributed by atoms with Gasteiger partial charge in [0.15, 0.2) is 0 Å². The first kappa shape index (κ1) is 14.2. The summed E-state index contributed by atoms with van der Waals surface area (Å²) >= 11 is 0. The number of rotatable bonds is 6. The maximum absolute atomic E-state index is 10.2. The van der Waals surface area contributed by atoms with Crippen molar-refractivity contribution in [3.05, 3.63) is 23.8 Å². The van der Waals surface area contributed by atoms with Crippen molar-refractivity contribution in [2.24, 2.45) is 0 Å². The normalized spacial score (nSPS) is 17.4. The van der Waals surface area contributed by atoms with Gasteiger partial charge in [-0.15, -0.1) is 0 Å². The van der Waals surface area contributed by atoms with Gasteiger partial charge in [0.05, 0.1) is 26.9 Å². The van der Waals surface area contributed by atoms with E-state index in [9.17, 15) is 5.11 Å². The van der Waals surface area contributed by atoms with Crippen molar-refractivity contribution in [2.45, 2.75) is 37.9 Å². The molecule has 1 N–H and O–H groups in total. The van der Waals surface area contributed by atoms with E-state index in [-0.39, 0.29) is 0 Å². The Hall–Kier alpha value is -1.26. The quantitative estimate of drug-likeness (QED) is 0.860. The van der Waals surface area contributed by atoms with Crippen LogP contribution in [0.5, 0.6) is 11.5 Å². The summed E-state index contributed by atoms with van der Waals surface area (Å²) in [5.74, 6) is 1.34. The summed E-state index contributed by atoms with van der Waals surface area (Å²) in [4.78, 5) is 0. The van der Waals surface area contributed by atoms with Gasteiger partial charge in [0.25, 0.3) is 0 Å². The van der Waals surface area contributed by atoms with Gasteiger partial charge in [-0.3, -0.25) is 0 Å². The van der Waals surface area contributed by atoms with Gasteiger partial charge in [-0.2, -0.15) is 0 Å². The van der Waals surface area contributed by atoms with Crippen molar-refractivity contribution in [1.82, 2.24) is 0 Å². The van der Waals surface area contributed by atoms with Gasteiger partial charge in [0.1, 0.15) is 17.6 Å². The summed E-state index contributed by atoms with van der Waals surface area (Å²) in [5.41, 5.74) is 0.737. The number of aliphatic hydroxyl groups is 1. The topological polar surface area (TPSA) is 47.9 Å². The molecule has 1 saturated carbocycles. The maximum Gasteiger partial charge on any atom is 0.128 e. The monoisotopic (exact) mass is 266 g/mol. The van der Waals surface area contributed by atoms with Crippen LogP contribution in [0, 0.1) is 0 Å². The van der Waals surface area contributed by atoms with Crippen molar-refractivity contribution < 1.29 is 19.3 Å². The Morgan fingerprint density at radius 1 is 1.21 bits per heavy atom. The van der Waals surface area contributed by atoms with Crippen LogP contribution >= 0.6 is 0 Å². The summed E-state index contributed by atoms with van der Waals surface area (Å²) in [5, 5.41) is 10.2. The zero-order valence-corrected chi connectivity index (χ0v) is 11.6. The van der Waals surface area contributed by atoms with Gasteiger partial charge in [-0.25, -0.2) is 0 Å². The summed E-state index contributed by atoms with van der Waals surface area (Å²) in [6.07, 6.45) is 4.30. The molecule has 0 spiro atoms. The zero-order valence-electron chi connectivity index (χ0n) is 11.6. The average molecular weight is 266 g/mol. The lowest BCUT2D eigenvalue weighted by molar-refractivity contribution is -0.00773. The second-order valence-corrected chi connectivity index (χ2v) is 4.86. The van der Waals surface area contributed by atoms with Gasteiger partial charge in [0, 0.05) is 11.6 Å². The number of hydrogen-bond donors (Lipinski definition) is 1. The van der Waals surface area contributed by atoms with Crippen LogP contribution in [0.2, 0.25) is 0 Å². The fraction of sp³-hybridized carbons (Fsp3) is 0.600. The zero-order chi connectivity index (χ0) is 13.7. The first-order valence-electron chi connectivity index (χ1n) is 6.76. The van der Waals surface area contributed by atoms with E-state index >= 15 is 0 Å². The largest absolute Gasteiger partial charge is 0.497 e. The Labute approximate surface area is 114 Å². The molecule has 1 atom stereocenters. The minimum absolute atomic E-state index is 0.305. The molecule has 0 amide bonds. The summed E-state index contributed by atoms with van der Waals surface area (Å²) < 4.78 is 16.2. The highest BCUT2D eigenvalue weighted by molar-refractivity contribution is 5.41. The maximum atomic E-state index is 10.2. The average Bonchev–Trinajstić information content (AvgIpc) is 2.97. The lowest BCUT2D eigenvalue weighted by Gasteiger charge is -2.18. The van der Waals surface area contributed by atoms with Crippen LogP contribution in [0.3, 0.4) is 0 Å². The molecule has 106 valence electrons. The van der Waals surface area contributed by atoms with E-state index in [1.54, 1.807) is 20.3 Å². The number of methoxy groups -OCH3 is 2. The van der Waals surface area contributed by atoms with Crippen LogP contribution in [0.15, 0.2) is 18.2 Å². The van der Waals surface area contributed by atoms with Gasteiger partial charge >= 0.3 is 0 Å². The molecule has 1 aromatic carbocycles. The van der Waals surface area contributed by atoms with Crippen molar-refractivity contribution >= 4 is 0 Å². The van der Waals surface area contributed by atoms with E-state index in [0.717, 1.165) is 18.4 Å². The number of aliphatic hydroxyl groups excluding tert-OH is 1. The van der Waals surface area contributed by atoms with Crippen LogP contribution in [-0.4, -0.2) is 32.0 Å². The highest BCUT2D eigenvalue weighted by Crippen LogP contribution is 2.30. The molecule has 1 fully saturated rings. The molecule has 1 aromatic rings. The highest BCUT2D eigenvalue weighted by Gasteiger charge is 2.19. The van der Waals surface area contributed by atoms with Gasteiger partial charge in [-0.05, 0) is 25.0 Å². The molecule has 4 heteroatoms. The predicted octanol–water partition coefficient (Wildman–Crippen LogP) is 2.70. The fourth-order valence-electron chi connectivity index (χ4n) is 2.47. The van der Waals surface area contributed by atoms with Crippen molar-refractivity contribution in [3.8, 4) is 11.5 Å². The molecule has 19 heavy (non-hydrogen) atoms. The molecule has 0 heterocycles. The molecule has 1 aliphatic carbocycles. The van der Waals surface area contributed by atoms with E-state index < -0.39 is 6.10 Å². The molecule has 0 radical (unpaired) electrons. The highest BCUT2D eigenvalue weighted by atomic mass is 16.5. The Morgan fingerprint density at radius 2 is 1.95 bits per heavy atom. The van der Waals surface area contributed by atoms with Crippen LogP contribution in [0.4, 0.5) is 0 Å². The standard InChI is InChI=1S/C15H22O4/c1-17-12-7-8-13(15(9-12)18-2)14(16)10-19-11-5-3-4-6-11/h7-9,11,14,16H,3-6,10H2,1-2H3. The molecule has 0 aliphatic heterocycles. The van der Waals surface area contributed by atoms with Crippen molar-refractivity contribution in [3.63, 3.8) is 0 Å². The second-order valence-electron chi connectivity index (χ2n) is 4.86. The summed E-state index contributed by atoms with van der Waals surface area (Å²) in [6, 6.07) is 5.41. The molecule has 0 saturated heterocycles. The van der Waals surface area contributed by atoms with E-state index in [0.29, 0.717) is 24.2 Å². The van der Waals surface area contributed by atoms with Crippen LogP contribution < -0.4 is 9.47 Å². The Kier molecular flexibility index (Phi) is 5.05. The van der Waals surface area contributed by atoms with Crippen LogP contribution in [0.25, 0.3) is 0 Å². The lowest BCUT2D eigenvalue weighted by Crippen LogP contribution is -2.15. The van der Waals surface area contributed by atoms with Crippen molar-refractivity contribution in [1.29, 1.82) is 0 Å². The van der Waals surface area contributed by atoms with Crippen LogP contribution in [0.1, 0.15) is 37.4 Å². The van der Waals surface area contributed by atoms with Crippen LogP contribution in [-0.2, 0) is 4.74 Å². The minimum atomic E-state index is -0.665. The van der Waals surface area contributed by atoms with E-state index in [2.05, 4.69) is 0 Å². The Balaban J connectivity index is 1.98. The van der Waals surface area contributed by atoms with E-state index in [1.807, 2.05) is 12.1 Å². The number of ether oxygens (including phenoxy) is 3. The van der Waals surface area contributed by atoms with E-state index in [1.165, 1.54) is 12.8 Å². The lowest BCUT2D eigenvalue weighted by atomic mass is 10.1. The minimum Gasteiger partial charge on any atom is -0.497 e. The third-order valence-corrected chi connectivity index (χ3v) is 3.59. The molecular weight excluding hydrogens is 244 g/mol. The van der Waals surface area contributed by atoms with Gasteiger partial charge in [0.2, 0.25) is 0 Å². The third kappa shape index (κ3) is 3.61. The first-order valence-corrected chi connectivity index (χ1v) is 6.76. The predicted molar refractivity (Wildman–Crippen MR) is 72.7 cm³/mol. The SMILES string of the molecule is COc1ccc(C(O)COC2CCCC2)c(OC)c1. The van der Waals surface area contributed by atoms with Gasteiger partial charge < -0.3 is 19.3 Å². The fourth-order valence-corrected chi connectivity index (χ4v) is 2.47. The molecule has 1 aliphatic rings. The van der Waals surface area contributed by atoms with E-state index in [4.69, 9.17) is 14.2 Å². The third-order valence-electron chi connectivity index (χ3n) is 3.59. The van der Waals surface area contributed by atoms with Gasteiger partial charge in [-0.1, -0.05) is 12.8 Å². The smallest absolute Gasteiger partial charge is 0.128 e. The summed E-state index contributed by atoms with van der Waals surface area (Å²) in [6.45, 7) is 0.313. The number of hydrogen-bond acceptors (Lipinski definition) is 4. The first-order chi connectivity index (χ1) is 9.24. The Bertz CT molecular complexity index is 399. The Morgan fingerprint density at radius 3 is 2.58 bits per heavy atom. The molecule has 1 unspecified atom stereocenters. The molecule has 0 bridgehead atoms. The molecular formula is C15H22O4. The number of benzene rings is 1. The molecule has 2 rings (SSSR count).